The number of halogens is 2. The molecule has 0 bridgehead atoms. The Bertz CT molecular complexity index is 400. The highest BCUT2D eigenvalue weighted by Gasteiger charge is 2.09. The summed E-state index contributed by atoms with van der Waals surface area (Å²) in [6.45, 7) is 0. The Kier molecular flexibility index (Phi) is 1.97. The van der Waals surface area contributed by atoms with Crippen LogP contribution in [0, 0.1) is 5.82 Å². The molecule has 0 aliphatic carbocycles. The molecule has 0 amide bonds. The third-order valence-electron chi connectivity index (χ3n) is 1.07. The number of hydrogen-bond donors (Lipinski definition) is 0. The Morgan fingerprint density at radius 3 is 3.17 bits per heavy atom. The fraction of sp³-hybridized carbons (Fsp3) is 0.143. The lowest BCUT2D eigenvalue weighted by Gasteiger charge is -1.98. The maximum atomic E-state index is 13.0. The van der Waals surface area contributed by atoms with E-state index in [1.54, 1.807) is 0 Å². The van der Waals surface area contributed by atoms with Crippen molar-refractivity contribution < 1.29 is 16.7 Å². The van der Waals surface area contributed by atoms with Crippen molar-refractivity contribution in [3.8, 4) is 0 Å². The van der Waals surface area contributed by atoms with Crippen LogP contribution in [-0.4, -0.2) is 18.1 Å². The van der Waals surface area contributed by atoms with Crippen LogP contribution in [0.3, 0.4) is 0 Å². The van der Waals surface area contributed by atoms with E-state index in [0.29, 0.717) is 0 Å². The van der Waals surface area contributed by atoms with Gasteiger partial charge in [0.15, 0.2) is 5.82 Å². The van der Waals surface area contributed by atoms with Crippen LogP contribution in [0.5, 0.6) is 0 Å². The van der Waals surface area contributed by atoms with Gasteiger partial charge in [0, 0.05) is 0 Å². The molecule has 0 unspecified atom stereocenters. The van der Waals surface area contributed by atoms with Crippen molar-refractivity contribution in [1.29, 1.82) is 0 Å². The van der Waals surface area contributed by atoms with Crippen LogP contribution < -0.4 is 0 Å². The first-order valence-corrected chi connectivity index (χ1v) is 3.68. The Hall–Kier alpha value is -0.970. The van der Waals surface area contributed by atoms with Crippen molar-refractivity contribution in [2.45, 2.75) is 0 Å². The van der Waals surface area contributed by atoms with E-state index in [1.807, 2.05) is 0 Å². The Labute approximate surface area is 79.5 Å². The number of rotatable bonds is 1. The minimum absolute atomic E-state index is 0.266. The zero-order chi connectivity index (χ0) is 10.9. The van der Waals surface area contributed by atoms with E-state index in [2.05, 4.69) is 25.7 Å². The van der Waals surface area contributed by atoms with Crippen LogP contribution in [0.15, 0.2) is 16.7 Å². The maximum Gasteiger partial charge on any atom is 0.356 e. The van der Waals surface area contributed by atoms with Gasteiger partial charge in [0.05, 0.1) is 20.5 Å². The molecule has 1 aromatic heterocycles. The summed E-state index contributed by atoms with van der Waals surface area (Å²) in [4.78, 5) is 14.3. The molecule has 0 radical (unpaired) electrons. The molecule has 12 heavy (non-hydrogen) atoms. The number of pyridine rings is 1. The van der Waals surface area contributed by atoms with Gasteiger partial charge in [-0.3, -0.25) is 0 Å². The highest BCUT2D eigenvalue weighted by atomic mass is 79.9. The van der Waals surface area contributed by atoms with Gasteiger partial charge >= 0.3 is 5.97 Å². The van der Waals surface area contributed by atoms with Crippen LogP contribution in [-0.2, 0) is 4.74 Å². The molecule has 3 nitrogen and oxygen atoms in total. The molecule has 5 heteroatoms. The zero-order valence-electron chi connectivity index (χ0n) is 8.02. The van der Waals surface area contributed by atoms with E-state index in [1.165, 1.54) is 0 Å². The standard InChI is InChI=1S/C7H5BrFNO2/c1-12-7(11)6-2-4(8)5(9)3-10-6/h2-3H,1H3/i2D,3D. The number of aromatic nitrogens is 1. The molecule has 0 aliphatic heterocycles. The number of methoxy groups -OCH3 is 1. The van der Waals surface area contributed by atoms with Crippen LogP contribution >= 0.6 is 15.9 Å². The summed E-state index contributed by atoms with van der Waals surface area (Å²) in [6.07, 6.45) is -0.701. The van der Waals surface area contributed by atoms with E-state index in [4.69, 9.17) is 2.74 Å². The van der Waals surface area contributed by atoms with Crippen LogP contribution in [0.4, 0.5) is 4.39 Å². The first kappa shape index (κ1) is 6.54. The van der Waals surface area contributed by atoms with Crippen molar-refractivity contribution in [2.24, 2.45) is 0 Å². The molecule has 0 aromatic carbocycles. The predicted molar refractivity (Wildman–Crippen MR) is 43.2 cm³/mol. The highest BCUT2D eigenvalue weighted by molar-refractivity contribution is 9.10. The number of esters is 1. The average molecular weight is 236 g/mol. The molecule has 1 heterocycles. The molecule has 0 fully saturated rings. The third kappa shape index (κ3) is 1.79. The van der Waals surface area contributed by atoms with Gasteiger partial charge in [-0.05, 0) is 22.0 Å². The summed E-state index contributed by atoms with van der Waals surface area (Å²) in [5, 5.41) is 0. The molecule has 0 spiro atoms. The molecule has 0 saturated carbocycles. The monoisotopic (exact) mass is 235 g/mol. The van der Waals surface area contributed by atoms with Crippen molar-refractivity contribution in [2.75, 3.05) is 7.11 Å². The normalized spacial score (nSPS) is 11.9. The summed E-state index contributed by atoms with van der Waals surface area (Å²) >= 11 is 2.75. The second-order valence-electron chi connectivity index (χ2n) is 1.82. The van der Waals surface area contributed by atoms with Crippen LogP contribution in [0.2, 0.25) is 0 Å². The van der Waals surface area contributed by atoms with Gasteiger partial charge in [0.2, 0.25) is 0 Å². The van der Waals surface area contributed by atoms with Crippen molar-refractivity contribution in [3.05, 3.63) is 28.2 Å². The van der Waals surface area contributed by atoms with Gasteiger partial charge in [0.25, 0.3) is 0 Å². The lowest BCUT2D eigenvalue weighted by Crippen LogP contribution is -2.04. The summed E-state index contributed by atoms with van der Waals surface area (Å²) in [7, 11) is 1.12. The maximum absolute atomic E-state index is 13.0. The molecule has 0 saturated heterocycles. The molecule has 0 atom stereocenters. The predicted octanol–water partition coefficient (Wildman–Crippen LogP) is 1.77. The third-order valence-corrected chi connectivity index (χ3v) is 1.61. The van der Waals surface area contributed by atoms with Crippen LogP contribution in [0.25, 0.3) is 0 Å². The summed E-state index contributed by atoms with van der Waals surface area (Å²) in [5.74, 6) is -1.84. The number of nitrogens with zero attached hydrogens (tertiary/aromatic N) is 1. The molecular weight excluding hydrogens is 229 g/mol. The number of ether oxygens (including phenoxy) is 1. The van der Waals surface area contributed by atoms with E-state index in [-0.39, 0.29) is 10.2 Å². The summed E-state index contributed by atoms with van der Waals surface area (Å²) in [6, 6.07) is -0.426. The second-order valence-corrected chi connectivity index (χ2v) is 2.61. The van der Waals surface area contributed by atoms with Gasteiger partial charge in [0.1, 0.15) is 5.69 Å². The Morgan fingerprint density at radius 1 is 1.92 bits per heavy atom. The highest BCUT2D eigenvalue weighted by Crippen LogP contribution is 2.14. The zero-order valence-corrected chi connectivity index (χ0v) is 7.61. The Balaban J connectivity index is 3.40. The van der Waals surface area contributed by atoms with Gasteiger partial charge in [-0.1, -0.05) is 0 Å². The number of carbonyl (C=O) groups excluding carboxylic acids is 1. The molecule has 1 rings (SSSR count). The average Bonchev–Trinajstić information content (AvgIpc) is 2.19. The minimum Gasteiger partial charge on any atom is -0.464 e. The van der Waals surface area contributed by atoms with Crippen molar-refractivity contribution in [3.63, 3.8) is 0 Å². The number of carbonyl (C=O) groups is 1. The largest absolute Gasteiger partial charge is 0.464 e. The Morgan fingerprint density at radius 2 is 2.58 bits per heavy atom. The summed E-state index contributed by atoms with van der Waals surface area (Å²) < 4.78 is 31.4. The lowest BCUT2D eigenvalue weighted by atomic mass is 10.3. The fourth-order valence-corrected chi connectivity index (χ4v) is 0.811. The molecular formula is C7H5BrFNO2. The van der Waals surface area contributed by atoms with Crippen molar-refractivity contribution in [1.82, 2.24) is 4.98 Å². The first-order chi connectivity index (χ1) is 6.49. The van der Waals surface area contributed by atoms with E-state index in [0.717, 1.165) is 7.11 Å². The molecule has 64 valence electrons. The summed E-state index contributed by atoms with van der Waals surface area (Å²) in [5.41, 5.74) is -0.384. The van der Waals surface area contributed by atoms with Gasteiger partial charge < -0.3 is 4.74 Å². The topological polar surface area (TPSA) is 39.2 Å². The smallest absolute Gasteiger partial charge is 0.356 e. The van der Waals surface area contributed by atoms with Crippen molar-refractivity contribution >= 4 is 21.9 Å². The van der Waals surface area contributed by atoms with Crippen LogP contribution in [0.1, 0.15) is 13.2 Å². The molecule has 1 aromatic rings. The van der Waals surface area contributed by atoms with Gasteiger partial charge in [-0.2, -0.15) is 0 Å². The molecule has 0 N–H and O–H groups in total. The minimum atomic E-state index is -0.970. The molecule has 0 aliphatic rings. The fourth-order valence-electron chi connectivity index (χ4n) is 0.534. The van der Waals surface area contributed by atoms with Gasteiger partial charge in [-0.25, -0.2) is 14.2 Å². The second kappa shape index (κ2) is 3.62. The quantitative estimate of drug-likeness (QED) is 0.697. The SMILES string of the molecule is [2H]c1nc(C(=O)OC)c([2H])c(Br)c1F. The lowest BCUT2D eigenvalue weighted by molar-refractivity contribution is 0.0594. The van der Waals surface area contributed by atoms with E-state index in [9.17, 15) is 9.18 Å². The first-order valence-electron chi connectivity index (χ1n) is 3.89. The van der Waals surface area contributed by atoms with E-state index >= 15 is 0 Å². The van der Waals surface area contributed by atoms with Gasteiger partial charge in [-0.15, -0.1) is 0 Å². The number of hydrogen-bond acceptors (Lipinski definition) is 3. The van der Waals surface area contributed by atoms with E-state index < -0.39 is 24.0 Å².